The molecular formula is C14H19N5O2. The first-order chi connectivity index (χ1) is 10.3. The van der Waals surface area contributed by atoms with Gasteiger partial charge in [-0.25, -0.2) is 9.97 Å². The number of aromatic nitrogens is 4. The van der Waals surface area contributed by atoms with Gasteiger partial charge < -0.3 is 14.4 Å². The molecule has 1 aliphatic rings. The summed E-state index contributed by atoms with van der Waals surface area (Å²) in [5, 5.41) is 4.19. The van der Waals surface area contributed by atoms with E-state index in [2.05, 4.69) is 20.0 Å². The van der Waals surface area contributed by atoms with Crippen LogP contribution in [0.3, 0.4) is 0 Å². The molecule has 0 unspecified atom stereocenters. The molecule has 2 aromatic rings. The minimum absolute atomic E-state index is 0.647. The molecule has 0 aliphatic carbocycles. The lowest BCUT2D eigenvalue weighted by molar-refractivity contribution is 0.152. The Balaban J connectivity index is 1.98. The van der Waals surface area contributed by atoms with Crippen LogP contribution in [0.15, 0.2) is 18.5 Å². The first kappa shape index (κ1) is 13.8. The summed E-state index contributed by atoms with van der Waals surface area (Å²) in [6.45, 7) is 3.20. The van der Waals surface area contributed by atoms with Crippen molar-refractivity contribution in [1.82, 2.24) is 19.7 Å². The molecule has 0 amide bonds. The van der Waals surface area contributed by atoms with Gasteiger partial charge in [0.05, 0.1) is 25.6 Å². The Labute approximate surface area is 123 Å². The number of anilines is 1. The minimum Gasteiger partial charge on any atom is -0.493 e. The zero-order valence-electron chi connectivity index (χ0n) is 12.3. The fourth-order valence-corrected chi connectivity index (χ4v) is 2.40. The van der Waals surface area contributed by atoms with Crippen molar-refractivity contribution in [2.75, 3.05) is 38.3 Å². The zero-order valence-corrected chi connectivity index (χ0v) is 12.3. The smallest absolute Gasteiger partial charge is 0.226 e. The molecule has 1 aliphatic heterocycles. The van der Waals surface area contributed by atoms with Gasteiger partial charge in [-0.15, -0.1) is 0 Å². The SMILES string of the molecule is COc1cnc(N2CCCOCC2)nc1-c1ccnn1C. The first-order valence-corrected chi connectivity index (χ1v) is 7.01. The minimum atomic E-state index is 0.647. The lowest BCUT2D eigenvalue weighted by atomic mass is 10.3. The summed E-state index contributed by atoms with van der Waals surface area (Å²) in [7, 11) is 3.51. The van der Waals surface area contributed by atoms with Crippen LogP contribution >= 0.6 is 0 Å². The van der Waals surface area contributed by atoms with Gasteiger partial charge in [0.15, 0.2) is 5.75 Å². The molecule has 0 N–H and O–H groups in total. The van der Waals surface area contributed by atoms with Crippen molar-refractivity contribution in [2.24, 2.45) is 7.05 Å². The maximum Gasteiger partial charge on any atom is 0.226 e. The first-order valence-electron chi connectivity index (χ1n) is 7.01. The zero-order chi connectivity index (χ0) is 14.7. The molecule has 21 heavy (non-hydrogen) atoms. The van der Waals surface area contributed by atoms with Crippen molar-refractivity contribution in [3.63, 3.8) is 0 Å². The number of hydrogen-bond acceptors (Lipinski definition) is 6. The molecule has 0 bridgehead atoms. The topological polar surface area (TPSA) is 65.3 Å². The van der Waals surface area contributed by atoms with E-state index in [1.54, 1.807) is 24.2 Å². The normalized spacial score (nSPS) is 15.8. The van der Waals surface area contributed by atoms with E-state index in [-0.39, 0.29) is 0 Å². The van der Waals surface area contributed by atoms with Gasteiger partial charge >= 0.3 is 0 Å². The second-order valence-electron chi connectivity index (χ2n) is 4.88. The number of ether oxygens (including phenoxy) is 2. The van der Waals surface area contributed by atoms with Gasteiger partial charge in [0, 0.05) is 32.9 Å². The quantitative estimate of drug-likeness (QED) is 0.843. The highest BCUT2D eigenvalue weighted by molar-refractivity contribution is 5.63. The molecule has 0 saturated carbocycles. The summed E-state index contributed by atoms with van der Waals surface area (Å²) >= 11 is 0. The van der Waals surface area contributed by atoms with E-state index in [0.717, 1.165) is 37.5 Å². The third-order valence-corrected chi connectivity index (χ3v) is 3.53. The van der Waals surface area contributed by atoms with Crippen LogP contribution in [0.2, 0.25) is 0 Å². The lowest BCUT2D eigenvalue weighted by Crippen LogP contribution is -2.28. The van der Waals surface area contributed by atoms with Gasteiger partial charge in [0.25, 0.3) is 0 Å². The van der Waals surface area contributed by atoms with Crippen molar-refractivity contribution in [3.05, 3.63) is 18.5 Å². The second kappa shape index (κ2) is 6.09. The Kier molecular flexibility index (Phi) is 4.01. The van der Waals surface area contributed by atoms with E-state index in [9.17, 15) is 0 Å². The van der Waals surface area contributed by atoms with E-state index < -0.39 is 0 Å². The number of methoxy groups -OCH3 is 1. The third kappa shape index (κ3) is 2.82. The number of nitrogens with zero attached hydrogens (tertiary/aromatic N) is 5. The Hall–Kier alpha value is -2.15. The van der Waals surface area contributed by atoms with Crippen LogP contribution < -0.4 is 9.64 Å². The van der Waals surface area contributed by atoms with Gasteiger partial charge in [-0.1, -0.05) is 0 Å². The molecular weight excluding hydrogens is 270 g/mol. The fraction of sp³-hybridized carbons (Fsp3) is 0.500. The Morgan fingerprint density at radius 3 is 2.95 bits per heavy atom. The molecule has 3 heterocycles. The van der Waals surface area contributed by atoms with E-state index in [1.165, 1.54) is 0 Å². The van der Waals surface area contributed by atoms with Crippen LogP contribution in [0.1, 0.15) is 6.42 Å². The second-order valence-corrected chi connectivity index (χ2v) is 4.88. The van der Waals surface area contributed by atoms with Crippen LogP contribution in [0.25, 0.3) is 11.4 Å². The average Bonchev–Trinajstić information content (AvgIpc) is 2.77. The summed E-state index contributed by atoms with van der Waals surface area (Å²) in [5.74, 6) is 1.35. The third-order valence-electron chi connectivity index (χ3n) is 3.53. The summed E-state index contributed by atoms with van der Waals surface area (Å²) in [4.78, 5) is 11.3. The van der Waals surface area contributed by atoms with E-state index >= 15 is 0 Å². The van der Waals surface area contributed by atoms with Gasteiger partial charge in [0.1, 0.15) is 5.69 Å². The molecule has 1 saturated heterocycles. The highest BCUT2D eigenvalue weighted by Gasteiger charge is 2.17. The summed E-state index contributed by atoms with van der Waals surface area (Å²) in [5.41, 5.74) is 1.66. The monoisotopic (exact) mass is 289 g/mol. The van der Waals surface area contributed by atoms with Crippen molar-refractivity contribution in [1.29, 1.82) is 0 Å². The number of aryl methyl sites for hydroxylation is 1. The molecule has 0 radical (unpaired) electrons. The van der Waals surface area contributed by atoms with Crippen molar-refractivity contribution in [2.45, 2.75) is 6.42 Å². The lowest BCUT2D eigenvalue weighted by Gasteiger charge is -2.20. The maximum atomic E-state index is 5.48. The van der Waals surface area contributed by atoms with Crippen molar-refractivity contribution in [3.8, 4) is 17.1 Å². The predicted molar refractivity (Wildman–Crippen MR) is 78.4 cm³/mol. The number of hydrogen-bond donors (Lipinski definition) is 0. The van der Waals surface area contributed by atoms with E-state index in [4.69, 9.17) is 9.47 Å². The summed E-state index contributed by atoms with van der Waals surface area (Å²) in [6.07, 6.45) is 4.45. The fourth-order valence-electron chi connectivity index (χ4n) is 2.40. The molecule has 0 atom stereocenters. The highest BCUT2D eigenvalue weighted by Crippen LogP contribution is 2.28. The van der Waals surface area contributed by atoms with Crippen LogP contribution in [-0.2, 0) is 11.8 Å². The highest BCUT2D eigenvalue weighted by atomic mass is 16.5. The van der Waals surface area contributed by atoms with Crippen LogP contribution in [0, 0.1) is 0 Å². The average molecular weight is 289 g/mol. The summed E-state index contributed by atoms with van der Waals surface area (Å²) in [6, 6.07) is 1.92. The molecule has 7 heteroatoms. The predicted octanol–water partition coefficient (Wildman–Crippen LogP) is 1.11. The molecule has 2 aromatic heterocycles. The van der Waals surface area contributed by atoms with Crippen molar-refractivity contribution < 1.29 is 9.47 Å². The molecule has 0 aromatic carbocycles. The van der Waals surface area contributed by atoms with Gasteiger partial charge in [-0.2, -0.15) is 5.10 Å². The molecule has 3 rings (SSSR count). The molecule has 112 valence electrons. The van der Waals surface area contributed by atoms with Gasteiger partial charge in [-0.05, 0) is 12.5 Å². The van der Waals surface area contributed by atoms with Gasteiger partial charge in [-0.3, -0.25) is 4.68 Å². The molecule has 1 fully saturated rings. The Morgan fingerprint density at radius 1 is 1.29 bits per heavy atom. The summed E-state index contributed by atoms with van der Waals surface area (Å²) < 4.78 is 12.6. The van der Waals surface area contributed by atoms with Crippen molar-refractivity contribution >= 4 is 5.95 Å². The molecule has 0 spiro atoms. The van der Waals surface area contributed by atoms with E-state index in [0.29, 0.717) is 18.3 Å². The Bertz CT molecular complexity index is 605. The standard InChI is InChI=1S/C14H19N5O2/c1-18-11(4-5-16-18)13-12(20-2)10-15-14(17-13)19-6-3-8-21-9-7-19/h4-5,10H,3,6-9H2,1-2H3. The number of rotatable bonds is 3. The van der Waals surface area contributed by atoms with Crippen LogP contribution in [-0.4, -0.2) is 53.2 Å². The largest absolute Gasteiger partial charge is 0.493 e. The Morgan fingerprint density at radius 2 is 2.19 bits per heavy atom. The van der Waals surface area contributed by atoms with Gasteiger partial charge in [0.2, 0.25) is 5.95 Å². The molecule has 7 nitrogen and oxygen atoms in total. The van der Waals surface area contributed by atoms with Crippen LogP contribution in [0.5, 0.6) is 5.75 Å². The maximum absolute atomic E-state index is 5.48. The van der Waals surface area contributed by atoms with Crippen LogP contribution in [0.4, 0.5) is 5.95 Å². The van der Waals surface area contributed by atoms with E-state index in [1.807, 2.05) is 13.1 Å².